The van der Waals surface area contributed by atoms with Gasteiger partial charge in [-0.3, -0.25) is 14.9 Å². The smallest absolute Gasteiger partial charge is 0.262 e. The summed E-state index contributed by atoms with van der Waals surface area (Å²) in [5.41, 5.74) is 1.88. The first kappa shape index (κ1) is 23.8. The number of hydrogen-bond acceptors (Lipinski definition) is 7. The van der Waals surface area contributed by atoms with E-state index < -0.39 is 11.7 Å². The first-order valence-electron chi connectivity index (χ1n) is 10.5. The molecule has 178 valence electrons. The van der Waals surface area contributed by atoms with Crippen LogP contribution in [0.1, 0.15) is 20.9 Å². The predicted molar refractivity (Wildman–Crippen MR) is 131 cm³/mol. The zero-order chi connectivity index (χ0) is 24.6. The molecule has 0 atom stereocenters. The summed E-state index contributed by atoms with van der Waals surface area (Å²) < 4.78 is 23.8. The molecule has 2 N–H and O–H groups in total. The molecule has 0 aliphatic carbocycles. The van der Waals surface area contributed by atoms with E-state index in [4.69, 9.17) is 9.47 Å². The van der Waals surface area contributed by atoms with E-state index in [1.165, 1.54) is 48.8 Å². The Bertz CT molecular complexity index is 1310. The van der Waals surface area contributed by atoms with Crippen molar-refractivity contribution in [2.24, 2.45) is 0 Å². The average molecular weight is 493 g/mol. The number of ether oxygens (including phenoxy) is 2. The SMILES string of the molecule is COc1cc(C(=O)Nc2nnc(Cc3ccccc3)s2)ccc1OCC(=O)Nc1ccc(F)cc1. The monoisotopic (exact) mass is 492 g/mol. The Balaban J connectivity index is 1.34. The first-order chi connectivity index (χ1) is 17.0. The zero-order valence-electron chi connectivity index (χ0n) is 18.7. The maximum Gasteiger partial charge on any atom is 0.262 e. The van der Waals surface area contributed by atoms with Crippen molar-refractivity contribution in [3.8, 4) is 11.5 Å². The maximum absolute atomic E-state index is 13.0. The predicted octanol–water partition coefficient (Wildman–Crippen LogP) is 4.55. The number of anilines is 2. The highest BCUT2D eigenvalue weighted by molar-refractivity contribution is 7.15. The maximum atomic E-state index is 13.0. The van der Waals surface area contributed by atoms with Crippen LogP contribution in [0.25, 0.3) is 0 Å². The number of benzene rings is 3. The molecule has 3 aromatic carbocycles. The summed E-state index contributed by atoms with van der Waals surface area (Å²) >= 11 is 1.30. The topological polar surface area (TPSA) is 102 Å². The third kappa shape index (κ3) is 6.61. The van der Waals surface area contributed by atoms with E-state index in [0.717, 1.165) is 10.6 Å². The molecular weight excluding hydrogens is 471 g/mol. The normalized spacial score (nSPS) is 10.5. The van der Waals surface area contributed by atoms with Crippen molar-refractivity contribution in [1.29, 1.82) is 0 Å². The fourth-order valence-corrected chi connectivity index (χ4v) is 3.89. The van der Waals surface area contributed by atoms with Crippen molar-refractivity contribution >= 4 is 34.0 Å². The number of nitrogens with one attached hydrogen (secondary N) is 2. The van der Waals surface area contributed by atoms with Crippen LogP contribution in [-0.4, -0.2) is 35.7 Å². The minimum atomic E-state index is -0.428. The third-order valence-corrected chi connectivity index (χ3v) is 5.64. The molecular formula is C25H21FN4O4S. The minimum Gasteiger partial charge on any atom is -0.493 e. The van der Waals surface area contributed by atoms with Crippen molar-refractivity contribution in [1.82, 2.24) is 10.2 Å². The number of rotatable bonds is 9. The second-order valence-electron chi connectivity index (χ2n) is 7.33. The van der Waals surface area contributed by atoms with Crippen LogP contribution in [0.5, 0.6) is 11.5 Å². The van der Waals surface area contributed by atoms with Gasteiger partial charge in [0, 0.05) is 17.7 Å². The number of methoxy groups -OCH3 is 1. The molecule has 0 saturated carbocycles. The second-order valence-corrected chi connectivity index (χ2v) is 8.39. The van der Waals surface area contributed by atoms with E-state index in [-0.39, 0.29) is 18.3 Å². The van der Waals surface area contributed by atoms with Crippen LogP contribution in [-0.2, 0) is 11.2 Å². The van der Waals surface area contributed by atoms with Gasteiger partial charge in [-0.25, -0.2) is 4.39 Å². The lowest BCUT2D eigenvalue weighted by atomic mass is 10.2. The molecule has 4 aromatic rings. The largest absolute Gasteiger partial charge is 0.493 e. The number of carbonyl (C=O) groups is 2. The molecule has 1 heterocycles. The van der Waals surface area contributed by atoms with Gasteiger partial charge in [0.25, 0.3) is 11.8 Å². The van der Waals surface area contributed by atoms with Crippen molar-refractivity contribution < 1.29 is 23.5 Å². The lowest BCUT2D eigenvalue weighted by Crippen LogP contribution is -2.20. The number of carbonyl (C=O) groups excluding carboxylic acids is 2. The molecule has 2 amide bonds. The zero-order valence-corrected chi connectivity index (χ0v) is 19.5. The van der Waals surface area contributed by atoms with E-state index in [1.54, 1.807) is 12.1 Å². The van der Waals surface area contributed by atoms with Crippen molar-refractivity contribution in [3.05, 3.63) is 94.7 Å². The molecule has 4 rings (SSSR count). The van der Waals surface area contributed by atoms with Crippen LogP contribution in [0.3, 0.4) is 0 Å². The fraction of sp³-hybridized carbons (Fsp3) is 0.120. The Hall–Kier alpha value is -4.31. The molecule has 35 heavy (non-hydrogen) atoms. The summed E-state index contributed by atoms with van der Waals surface area (Å²) in [5.74, 6) is -0.630. The Morgan fingerprint density at radius 3 is 2.46 bits per heavy atom. The molecule has 0 fully saturated rings. The molecule has 0 unspecified atom stereocenters. The molecule has 0 aliphatic heterocycles. The molecule has 0 saturated heterocycles. The number of hydrogen-bond donors (Lipinski definition) is 2. The minimum absolute atomic E-state index is 0.286. The molecule has 1 aromatic heterocycles. The van der Waals surface area contributed by atoms with Gasteiger partial charge in [0.05, 0.1) is 7.11 Å². The van der Waals surface area contributed by atoms with Gasteiger partial charge in [-0.05, 0) is 48.0 Å². The third-order valence-electron chi connectivity index (χ3n) is 4.80. The van der Waals surface area contributed by atoms with Gasteiger partial charge in [0.1, 0.15) is 10.8 Å². The standard InChI is InChI=1S/C25H21FN4O4S/c1-33-21-14-17(7-12-20(21)34-15-22(31)27-19-10-8-18(26)9-11-19)24(32)28-25-30-29-23(35-25)13-16-5-3-2-4-6-16/h2-12,14H,13,15H2,1H3,(H,27,31)(H,28,30,32). The van der Waals surface area contributed by atoms with E-state index in [2.05, 4.69) is 20.8 Å². The van der Waals surface area contributed by atoms with Crippen LogP contribution < -0.4 is 20.1 Å². The van der Waals surface area contributed by atoms with Crippen molar-refractivity contribution in [2.45, 2.75) is 6.42 Å². The summed E-state index contributed by atoms with van der Waals surface area (Å²) in [5, 5.41) is 14.7. The van der Waals surface area contributed by atoms with Gasteiger partial charge >= 0.3 is 0 Å². The van der Waals surface area contributed by atoms with E-state index >= 15 is 0 Å². The van der Waals surface area contributed by atoms with Crippen molar-refractivity contribution in [3.63, 3.8) is 0 Å². The number of halogens is 1. The second kappa shape index (κ2) is 11.2. The Morgan fingerprint density at radius 1 is 0.943 bits per heavy atom. The van der Waals surface area contributed by atoms with Gasteiger partial charge in [-0.2, -0.15) is 0 Å². The molecule has 0 aliphatic rings. The summed E-state index contributed by atoms with van der Waals surface area (Å²) in [4.78, 5) is 24.8. The van der Waals surface area contributed by atoms with E-state index in [1.807, 2.05) is 30.3 Å². The highest BCUT2D eigenvalue weighted by Gasteiger charge is 2.15. The lowest BCUT2D eigenvalue weighted by Gasteiger charge is -2.12. The summed E-state index contributed by atoms with van der Waals surface area (Å²) in [6.45, 7) is -0.297. The average Bonchev–Trinajstić information content (AvgIpc) is 3.31. The van der Waals surface area contributed by atoms with Gasteiger partial charge in [0.15, 0.2) is 18.1 Å². The van der Waals surface area contributed by atoms with Crippen LogP contribution in [0, 0.1) is 5.82 Å². The summed E-state index contributed by atoms with van der Waals surface area (Å²) in [7, 11) is 1.43. The van der Waals surface area contributed by atoms with E-state index in [0.29, 0.717) is 28.6 Å². The van der Waals surface area contributed by atoms with Crippen molar-refractivity contribution in [2.75, 3.05) is 24.4 Å². The van der Waals surface area contributed by atoms with Crippen LogP contribution in [0.4, 0.5) is 15.2 Å². The van der Waals surface area contributed by atoms with Crippen LogP contribution in [0.2, 0.25) is 0 Å². The number of nitrogens with zero attached hydrogens (tertiary/aromatic N) is 2. The summed E-state index contributed by atoms with van der Waals surface area (Å²) in [6.07, 6.45) is 0.628. The number of aromatic nitrogens is 2. The van der Waals surface area contributed by atoms with Gasteiger partial charge < -0.3 is 14.8 Å². The highest BCUT2D eigenvalue weighted by Crippen LogP contribution is 2.29. The molecule has 8 nitrogen and oxygen atoms in total. The molecule has 0 bridgehead atoms. The Kier molecular flexibility index (Phi) is 7.63. The molecule has 0 radical (unpaired) electrons. The van der Waals surface area contributed by atoms with E-state index in [9.17, 15) is 14.0 Å². The Labute approximate surface area is 204 Å². The highest BCUT2D eigenvalue weighted by atomic mass is 32.1. The van der Waals surface area contributed by atoms with Gasteiger partial charge in [-0.15, -0.1) is 10.2 Å². The molecule has 10 heteroatoms. The lowest BCUT2D eigenvalue weighted by molar-refractivity contribution is -0.118. The number of amides is 2. The Morgan fingerprint density at radius 2 is 1.71 bits per heavy atom. The van der Waals surface area contributed by atoms with Gasteiger partial charge in [-0.1, -0.05) is 41.7 Å². The fourth-order valence-electron chi connectivity index (χ4n) is 3.12. The molecule has 0 spiro atoms. The first-order valence-corrected chi connectivity index (χ1v) is 11.4. The quantitative estimate of drug-likeness (QED) is 0.356. The van der Waals surface area contributed by atoms with Gasteiger partial charge in [0.2, 0.25) is 5.13 Å². The van der Waals surface area contributed by atoms with Crippen LogP contribution >= 0.6 is 11.3 Å². The van der Waals surface area contributed by atoms with Crippen LogP contribution in [0.15, 0.2) is 72.8 Å². The summed E-state index contributed by atoms with van der Waals surface area (Å²) in [6, 6.07) is 19.9.